The number of aliphatic hydroxyl groups excluding tert-OH is 1. The monoisotopic (exact) mass is 381 g/mol. The van der Waals surface area contributed by atoms with Gasteiger partial charge in [-0.25, -0.2) is 4.79 Å². The van der Waals surface area contributed by atoms with Gasteiger partial charge in [0.1, 0.15) is 6.23 Å². The van der Waals surface area contributed by atoms with Crippen LogP contribution in [-0.2, 0) is 4.74 Å². The molecule has 6 nitrogen and oxygen atoms in total. The summed E-state index contributed by atoms with van der Waals surface area (Å²) in [5, 5.41) is 10.3. The van der Waals surface area contributed by atoms with E-state index < -0.39 is 0 Å². The maximum absolute atomic E-state index is 12.0. The average Bonchev–Trinajstić information content (AvgIpc) is 3.05. The van der Waals surface area contributed by atoms with E-state index in [1.165, 1.54) is 45.2 Å². The predicted molar refractivity (Wildman–Crippen MR) is 107 cm³/mol. The van der Waals surface area contributed by atoms with Crippen LogP contribution in [-0.4, -0.2) is 83.5 Å². The fourth-order valence-corrected chi connectivity index (χ4v) is 5.44. The second-order valence-electron chi connectivity index (χ2n) is 8.48. The molecule has 3 aliphatic rings. The van der Waals surface area contributed by atoms with Gasteiger partial charge in [-0.1, -0.05) is 6.92 Å². The van der Waals surface area contributed by atoms with Crippen molar-refractivity contribution in [2.45, 2.75) is 83.5 Å². The Kier molecular flexibility index (Phi) is 7.79. The minimum absolute atomic E-state index is 0.146. The molecule has 3 fully saturated rings. The van der Waals surface area contributed by atoms with Crippen LogP contribution >= 0.6 is 0 Å². The van der Waals surface area contributed by atoms with E-state index in [1.54, 1.807) is 0 Å². The third-order valence-corrected chi connectivity index (χ3v) is 6.95. The molecule has 0 aromatic carbocycles. The quantitative estimate of drug-likeness (QED) is 0.794. The molecule has 3 heterocycles. The highest BCUT2D eigenvalue weighted by atomic mass is 16.6. The SMILES string of the molecule is CCOC(=O)N1CCCC(N2CCC(C3CCCN3C(O)CC)CC2)CC1. The Morgan fingerprint density at radius 2 is 1.74 bits per heavy atom. The summed E-state index contributed by atoms with van der Waals surface area (Å²) in [5.74, 6) is 0.728. The van der Waals surface area contributed by atoms with Gasteiger partial charge in [-0.2, -0.15) is 0 Å². The lowest BCUT2D eigenvalue weighted by Gasteiger charge is -2.42. The van der Waals surface area contributed by atoms with E-state index in [2.05, 4.69) is 16.7 Å². The van der Waals surface area contributed by atoms with Crippen LogP contribution < -0.4 is 0 Å². The van der Waals surface area contributed by atoms with Crippen LogP contribution in [0.3, 0.4) is 0 Å². The third-order valence-electron chi connectivity index (χ3n) is 6.95. The highest BCUT2D eigenvalue weighted by Crippen LogP contribution is 2.34. The Morgan fingerprint density at radius 1 is 1.00 bits per heavy atom. The topological polar surface area (TPSA) is 56.2 Å². The number of aliphatic hydroxyl groups is 1. The molecule has 3 saturated heterocycles. The molecular formula is C21H39N3O3. The van der Waals surface area contributed by atoms with Gasteiger partial charge in [-0.05, 0) is 77.3 Å². The first-order chi connectivity index (χ1) is 13.1. The zero-order valence-electron chi connectivity index (χ0n) is 17.3. The Morgan fingerprint density at radius 3 is 2.44 bits per heavy atom. The normalized spacial score (nSPS) is 30.3. The maximum atomic E-state index is 12.0. The molecule has 3 atom stereocenters. The summed E-state index contributed by atoms with van der Waals surface area (Å²) < 4.78 is 5.18. The van der Waals surface area contributed by atoms with Gasteiger partial charge in [-0.15, -0.1) is 0 Å². The molecule has 1 N–H and O–H groups in total. The van der Waals surface area contributed by atoms with E-state index in [-0.39, 0.29) is 12.3 Å². The van der Waals surface area contributed by atoms with Gasteiger partial charge in [-0.3, -0.25) is 4.90 Å². The lowest BCUT2D eigenvalue weighted by Crippen LogP contribution is -2.48. The molecule has 0 aromatic rings. The van der Waals surface area contributed by atoms with E-state index in [0.717, 1.165) is 44.8 Å². The van der Waals surface area contributed by atoms with Crippen molar-refractivity contribution in [1.29, 1.82) is 0 Å². The maximum Gasteiger partial charge on any atom is 0.409 e. The fraction of sp³-hybridized carbons (Fsp3) is 0.952. The number of hydrogen-bond acceptors (Lipinski definition) is 5. The second kappa shape index (κ2) is 10.1. The van der Waals surface area contributed by atoms with E-state index >= 15 is 0 Å². The molecule has 0 radical (unpaired) electrons. The third kappa shape index (κ3) is 5.15. The standard InChI is InChI=1S/C21H39N3O3/c1-3-20(25)24-13-6-8-19(24)17-9-14-22(15-10-17)18-7-5-12-23(16-11-18)21(26)27-4-2/h17-20,25H,3-16H2,1-2H3. The number of rotatable bonds is 5. The highest BCUT2D eigenvalue weighted by Gasteiger charge is 2.37. The highest BCUT2D eigenvalue weighted by molar-refractivity contribution is 5.67. The molecule has 6 heteroatoms. The van der Waals surface area contributed by atoms with E-state index in [0.29, 0.717) is 18.7 Å². The second-order valence-corrected chi connectivity index (χ2v) is 8.48. The van der Waals surface area contributed by atoms with Crippen LogP contribution in [0.5, 0.6) is 0 Å². The number of amides is 1. The number of ether oxygens (including phenoxy) is 1. The van der Waals surface area contributed by atoms with Crippen molar-refractivity contribution in [3.05, 3.63) is 0 Å². The molecule has 0 spiro atoms. The zero-order valence-corrected chi connectivity index (χ0v) is 17.3. The summed E-state index contributed by atoms with van der Waals surface area (Å²) in [6.07, 6.45) is 8.72. The number of likely N-dealkylation sites (tertiary alicyclic amines) is 3. The van der Waals surface area contributed by atoms with Crippen molar-refractivity contribution in [3.63, 3.8) is 0 Å². The molecule has 0 bridgehead atoms. The lowest BCUT2D eigenvalue weighted by molar-refractivity contribution is -0.0317. The van der Waals surface area contributed by atoms with Gasteiger partial charge in [0.05, 0.1) is 6.61 Å². The summed E-state index contributed by atoms with van der Waals surface area (Å²) in [6.45, 7) is 9.45. The first-order valence-corrected chi connectivity index (χ1v) is 11.2. The van der Waals surface area contributed by atoms with Crippen LogP contribution in [0.4, 0.5) is 4.79 Å². The molecular weight excluding hydrogens is 342 g/mol. The first kappa shape index (κ1) is 20.9. The largest absolute Gasteiger partial charge is 0.450 e. The summed E-state index contributed by atoms with van der Waals surface area (Å²) in [5.41, 5.74) is 0. The Hall–Kier alpha value is -0.850. The van der Waals surface area contributed by atoms with Crippen LogP contribution in [0, 0.1) is 5.92 Å². The van der Waals surface area contributed by atoms with Gasteiger partial charge in [0.15, 0.2) is 0 Å². The number of piperidine rings is 1. The van der Waals surface area contributed by atoms with Crippen LogP contribution in [0.15, 0.2) is 0 Å². The van der Waals surface area contributed by atoms with Crippen molar-refractivity contribution in [1.82, 2.24) is 14.7 Å². The predicted octanol–water partition coefficient (Wildman–Crippen LogP) is 2.90. The molecule has 27 heavy (non-hydrogen) atoms. The molecule has 1 amide bonds. The van der Waals surface area contributed by atoms with E-state index in [1.807, 2.05) is 11.8 Å². The molecule has 3 aliphatic heterocycles. The van der Waals surface area contributed by atoms with Crippen molar-refractivity contribution in [2.75, 3.05) is 39.3 Å². The number of carbonyl (C=O) groups excluding carboxylic acids is 1. The minimum Gasteiger partial charge on any atom is -0.450 e. The Labute approximate surface area is 164 Å². The summed E-state index contributed by atoms with van der Waals surface area (Å²) in [4.78, 5) is 18.9. The summed E-state index contributed by atoms with van der Waals surface area (Å²) in [7, 11) is 0. The van der Waals surface area contributed by atoms with Crippen LogP contribution in [0.1, 0.15) is 65.2 Å². The Bertz CT molecular complexity index is 468. The molecule has 0 saturated carbocycles. The van der Waals surface area contributed by atoms with Gasteiger partial charge in [0.25, 0.3) is 0 Å². The number of carbonyl (C=O) groups is 1. The smallest absolute Gasteiger partial charge is 0.409 e. The molecule has 3 rings (SSSR count). The average molecular weight is 382 g/mol. The number of hydrogen-bond donors (Lipinski definition) is 1. The minimum atomic E-state index is -0.258. The summed E-state index contributed by atoms with van der Waals surface area (Å²) in [6, 6.07) is 1.18. The van der Waals surface area contributed by atoms with Crippen molar-refractivity contribution < 1.29 is 14.6 Å². The van der Waals surface area contributed by atoms with Gasteiger partial charge < -0.3 is 19.6 Å². The van der Waals surface area contributed by atoms with Crippen molar-refractivity contribution in [3.8, 4) is 0 Å². The lowest BCUT2D eigenvalue weighted by atomic mass is 9.86. The number of nitrogens with zero attached hydrogens (tertiary/aromatic N) is 3. The van der Waals surface area contributed by atoms with E-state index in [4.69, 9.17) is 4.74 Å². The zero-order chi connectivity index (χ0) is 19.2. The summed E-state index contributed by atoms with van der Waals surface area (Å²) >= 11 is 0. The van der Waals surface area contributed by atoms with Crippen LogP contribution in [0.25, 0.3) is 0 Å². The van der Waals surface area contributed by atoms with Crippen molar-refractivity contribution in [2.24, 2.45) is 5.92 Å². The molecule has 0 aliphatic carbocycles. The van der Waals surface area contributed by atoms with Gasteiger partial charge in [0, 0.05) is 31.7 Å². The fourth-order valence-electron chi connectivity index (χ4n) is 5.44. The molecule has 156 valence electrons. The molecule has 0 aromatic heterocycles. The molecule has 3 unspecified atom stereocenters. The van der Waals surface area contributed by atoms with E-state index in [9.17, 15) is 9.90 Å². The first-order valence-electron chi connectivity index (χ1n) is 11.2. The van der Waals surface area contributed by atoms with Crippen molar-refractivity contribution >= 4 is 6.09 Å². The Balaban J connectivity index is 1.47. The van der Waals surface area contributed by atoms with Crippen LogP contribution in [0.2, 0.25) is 0 Å². The van der Waals surface area contributed by atoms with Gasteiger partial charge in [0.2, 0.25) is 0 Å². The van der Waals surface area contributed by atoms with Gasteiger partial charge >= 0.3 is 6.09 Å².